The van der Waals surface area contributed by atoms with Gasteiger partial charge in [0.1, 0.15) is 0 Å². The summed E-state index contributed by atoms with van der Waals surface area (Å²) >= 11 is 5.89. The maximum absolute atomic E-state index is 5.89. The van der Waals surface area contributed by atoms with Crippen LogP contribution in [0.5, 0.6) is 0 Å². The Labute approximate surface area is 149 Å². The Balaban J connectivity index is 1.65. The number of halogens is 1. The van der Waals surface area contributed by atoms with Crippen molar-refractivity contribution in [2.45, 2.75) is 32.6 Å². The van der Waals surface area contributed by atoms with E-state index in [1.165, 1.54) is 44.5 Å². The van der Waals surface area contributed by atoms with Crippen LogP contribution >= 0.6 is 11.6 Å². The van der Waals surface area contributed by atoms with Gasteiger partial charge in [-0.05, 0) is 61.7 Å². The van der Waals surface area contributed by atoms with Gasteiger partial charge in [-0.25, -0.2) is 0 Å². The average molecular weight is 342 g/mol. The van der Waals surface area contributed by atoms with Crippen molar-refractivity contribution in [3.05, 3.63) is 59.1 Å². The summed E-state index contributed by atoms with van der Waals surface area (Å²) in [6, 6.07) is 16.3. The lowest BCUT2D eigenvalue weighted by molar-refractivity contribution is 0.726. The van der Waals surface area contributed by atoms with Gasteiger partial charge in [0.2, 0.25) is 0 Å². The quantitative estimate of drug-likeness (QED) is 0.582. The highest BCUT2D eigenvalue weighted by Crippen LogP contribution is 2.20. The number of hydrogen-bond acceptors (Lipinski definition) is 3. The third-order valence-corrected chi connectivity index (χ3v) is 4.71. The van der Waals surface area contributed by atoms with Crippen LogP contribution < -0.4 is 10.3 Å². The van der Waals surface area contributed by atoms with Crippen LogP contribution in [0.4, 0.5) is 11.4 Å². The maximum Gasteiger partial charge on any atom is 0.0648 e. The molecule has 0 saturated carbocycles. The molecule has 0 amide bonds. The molecule has 0 atom stereocenters. The summed E-state index contributed by atoms with van der Waals surface area (Å²) in [5, 5.41) is 5.19. The van der Waals surface area contributed by atoms with Crippen LogP contribution in [0.1, 0.15) is 38.2 Å². The Hall–Kier alpha value is -2.00. The molecule has 0 aromatic heterocycles. The van der Waals surface area contributed by atoms with Crippen LogP contribution in [-0.2, 0) is 0 Å². The van der Waals surface area contributed by atoms with Gasteiger partial charge in [-0.2, -0.15) is 5.10 Å². The Morgan fingerprint density at radius 2 is 1.54 bits per heavy atom. The molecular weight excluding hydrogens is 318 g/mol. The second kappa shape index (κ2) is 8.20. The molecule has 0 spiro atoms. The molecule has 2 aromatic rings. The van der Waals surface area contributed by atoms with E-state index >= 15 is 0 Å². The molecule has 0 bridgehead atoms. The van der Waals surface area contributed by atoms with Crippen LogP contribution in [0, 0.1) is 0 Å². The number of hydrazone groups is 1. The molecule has 2 aromatic carbocycles. The predicted molar refractivity (Wildman–Crippen MR) is 104 cm³/mol. The standard InChI is InChI=1S/C20H24ClN3/c1-16(22-23-19-10-8-18(21)9-11-19)17-6-12-20(13-7-17)24-14-4-2-3-5-15-24/h6-13,23H,2-5,14-15H2,1H3/b22-16-. The van der Waals surface area contributed by atoms with E-state index in [0.29, 0.717) is 0 Å². The molecule has 1 N–H and O–H groups in total. The van der Waals surface area contributed by atoms with Crippen molar-refractivity contribution < 1.29 is 0 Å². The van der Waals surface area contributed by atoms with Crippen LogP contribution in [0.2, 0.25) is 5.02 Å². The van der Waals surface area contributed by atoms with Gasteiger partial charge in [0, 0.05) is 23.8 Å². The van der Waals surface area contributed by atoms with Gasteiger partial charge >= 0.3 is 0 Å². The van der Waals surface area contributed by atoms with E-state index in [0.717, 1.165) is 22.0 Å². The largest absolute Gasteiger partial charge is 0.372 e. The van der Waals surface area contributed by atoms with Crippen molar-refractivity contribution >= 4 is 28.7 Å². The van der Waals surface area contributed by atoms with Crippen LogP contribution in [0.25, 0.3) is 0 Å². The Morgan fingerprint density at radius 1 is 0.917 bits per heavy atom. The fourth-order valence-electron chi connectivity index (χ4n) is 2.98. The molecule has 3 rings (SSSR count). The first kappa shape index (κ1) is 16.8. The lowest BCUT2D eigenvalue weighted by Gasteiger charge is -2.22. The maximum atomic E-state index is 5.89. The number of nitrogens with zero attached hydrogens (tertiary/aromatic N) is 2. The van der Waals surface area contributed by atoms with Crippen molar-refractivity contribution in [1.82, 2.24) is 0 Å². The zero-order chi connectivity index (χ0) is 16.8. The smallest absolute Gasteiger partial charge is 0.0648 e. The van der Waals surface area contributed by atoms with Gasteiger partial charge in [0.15, 0.2) is 0 Å². The minimum atomic E-state index is 0.727. The van der Waals surface area contributed by atoms with Crippen molar-refractivity contribution in [2.24, 2.45) is 5.10 Å². The van der Waals surface area contributed by atoms with E-state index < -0.39 is 0 Å². The average Bonchev–Trinajstić information content (AvgIpc) is 2.90. The minimum absolute atomic E-state index is 0.727. The number of rotatable bonds is 4. The second-order valence-corrected chi connectivity index (χ2v) is 6.70. The van der Waals surface area contributed by atoms with Gasteiger partial charge in [-0.15, -0.1) is 0 Å². The molecule has 126 valence electrons. The highest BCUT2D eigenvalue weighted by molar-refractivity contribution is 6.30. The van der Waals surface area contributed by atoms with Gasteiger partial charge in [-0.1, -0.05) is 36.6 Å². The molecule has 3 nitrogen and oxygen atoms in total. The van der Waals surface area contributed by atoms with E-state index in [1.807, 2.05) is 31.2 Å². The Morgan fingerprint density at radius 3 is 2.17 bits per heavy atom. The molecule has 1 aliphatic rings. The van der Waals surface area contributed by atoms with Crippen molar-refractivity contribution in [3.63, 3.8) is 0 Å². The first-order valence-corrected chi connectivity index (χ1v) is 9.01. The molecule has 1 aliphatic heterocycles. The number of nitrogens with one attached hydrogen (secondary N) is 1. The highest BCUT2D eigenvalue weighted by Gasteiger charge is 2.09. The molecule has 0 unspecified atom stereocenters. The van der Waals surface area contributed by atoms with Crippen molar-refractivity contribution in [3.8, 4) is 0 Å². The van der Waals surface area contributed by atoms with E-state index in [9.17, 15) is 0 Å². The summed E-state index contributed by atoms with van der Waals surface area (Å²) < 4.78 is 0. The fourth-order valence-corrected chi connectivity index (χ4v) is 3.11. The molecular formula is C20H24ClN3. The summed E-state index contributed by atoms with van der Waals surface area (Å²) in [5.41, 5.74) is 7.42. The normalized spacial score (nSPS) is 15.9. The summed E-state index contributed by atoms with van der Waals surface area (Å²) in [6.45, 7) is 4.36. The molecule has 0 aliphatic carbocycles. The van der Waals surface area contributed by atoms with Crippen LogP contribution in [0.15, 0.2) is 53.6 Å². The van der Waals surface area contributed by atoms with E-state index in [-0.39, 0.29) is 0 Å². The summed E-state index contributed by atoms with van der Waals surface area (Å²) in [7, 11) is 0. The van der Waals surface area contributed by atoms with Crippen LogP contribution in [0.3, 0.4) is 0 Å². The molecule has 24 heavy (non-hydrogen) atoms. The summed E-state index contributed by atoms with van der Waals surface area (Å²) in [6.07, 6.45) is 5.31. The van der Waals surface area contributed by atoms with Gasteiger partial charge in [0.05, 0.1) is 11.4 Å². The van der Waals surface area contributed by atoms with Gasteiger partial charge in [-0.3, -0.25) is 5.43 Å². The molecule has 1 fully saturated rings. The first-order valence-electron chi connectivity index (χ1n) is 8.63. The summed E-state index contributed by atoms with van der Waals surface area (Å²) in [5.74, 6) is 0. The third kappa shape index (κ3) is 4.51. The monoisotopic (exact) mass is 341 g/mol. The van der Waals surface area contributed by atoms with Gasteiger partial charge in [0.25, 0.3) is 0 Å². The van der Waals surface area contributed by atoms with Crippen molar-refractivity contribution in [1.29, 1.82) is 0 Å². The topological polar surface area (TPSA) is 27.6 Å². The number of anilines is 2. The number of benzene rings is 2. The molecule has 1 heterocycles. The highest BCUT2D eigenvalue weighted by atomic mass is 35.5. The third-order valence-electron chi connectivity index (χ3n) is 4.45. The Kier molecular flexibility index (Phi) is 5.76. The molecule has 4 heteroatoms. The lowest BCUT2D eigenvalue weighted by atomic mass is 10.1. The lowest BCUT2D eigenvalue weighted by Crippen LogP contribution is -2.23. The zero-order valence-electron chi connectivity index (χ0n) is 14.1. The predicted octanol–water partition coefficient (Wildman–Crippen LogP) is 5.56. The number of hydrogen-bond donors (Lipinski definition) is 1. The Bertz CT molecular complexity index is 669. The second-order valence-electron chi connectivity index (χ2n) is 6.26. The fraction of sp³-hybridized carbons (Fsp3) is 0.350. The van der Waals surface area contributed by atoms with E-state index in [2.05, 4.69) is 39.7 Å². The van der Waals surface area contributed by atoms with Crippen molar-refractivity contribution in [2.75, 3.05) is 23.4 Å². The minimum Gasteiger partial charge on any atom is -0.372 e. The zero-order valence-corrected chi connectivity index (χ0v) is 14.9. The summed E-state index contributed by atoms with van der Waals surface area (Å²) in [4.78, 5) is 2.50. The molecule has 0 radical (unpaired) electrons. The van der Waals surface area contributed by atoms with E-state index in [1.54, 1.807) is 0 Å². The molecule has 1 saturated heterocycles. The van der Waals surface area contributed by atoms with Gasteiger partial charge < -0.3 is 4.90 Å². The van der Waals surface area contributed by atoms with E-state index in [4.69, 9.17) is 11.6 Å². The first-order chi connectivity index (χ1) is 11.7. The SMILES string of the molecule is C/C(=N/Nc1ccc(Cl)cc1)c1ccc(N2CCCCCC2)cc1. The van der Waals surface area contributed by atoms with Crippen LogP contribution in [-0.4, -0.2) is 18.8 Å².